The third-order valence-corrected chi connectivity index (χ3v) is 5.42. The summed E-state index contributed by atoms with van der Waals surface area (Å²) < 4.78 is 1.70. The predicted molar refractivity (Wildman–Crippen MR) is 92.8 cm³/mol. The van der Waals surface area contributed by atoms with Crippen LogP contribution in [-0.4, -0.2) is 28.0 Å². The van der Waals surface area contributed by atoms with Gasteiger partial charge in [-0.2, -0.15) is 0 Å². The van der Waals surface area contributed by atoms with Crippen LogP contribution >= 0.6 is 11.3 Å². The van der Waals surface area contributed by atoms with Crippen molar-refractivity contribution < 1.29 is 4.79 Å². The summed E-state index contributed by atoms with van der Waals surface area (Å²) in [6, 6.07) is 10.6. The van der Waals surface area contributed by atoms with Gasteiger partial charge in [-0.15, -0.1) is 0 Å². The van der Waals surface area contributed by atoms with Crippen LogP contribution in [0.1, 0.15) is 30.5 Å². The number of likely N-dealkylation sites (tertiary alicyclic amines) is 1. The third-order valence-electron chi connectivity index (χ3n) is 4.54. The van der Waals surface area contributed by atoms with E-state index in [1.807, 2.05) is 35.4 Å². The minimum atomic E-state index is 0.0255. The summed E-state index contributed by atoms with van der Waals surface area (Å²) in [4.78, 5) is 26.4. The van der Waals surface area contributed by atoms with Crippen LogP contribution in [0.3, 0.4) is 0 Å². The van der Waals surface area contributed by atoms with Crippen LogP contribution in [0.2, 0.25) is 0 Å². The number of thiazole rings is 1. The Kier molecular flexibility index (Phi) is 4.96. The van der Waals surface area contributed by atoms with Crippen molar-refractivity contribution in [1.29, 1.82) is 0 Å². The van der Waals surface area contributed by atoms with Crippen LogP contribution in [0.25, 0.3) is 0 Å². The van der Waals surface area contributed by atoms with Crippen LogP contribution in [0.15, 0.2) is 40.5 Å². The van der Waals surface area contributed by atoms with Gasteiger partial charge in [0, 0.05) is 36.6 Å². The van der Waals surface area contributed by atoms with Gasteiger partial charge < -0.3 is 9.47 Å². The third kappa shape index (κ3) is 3.72. The maximum atomic E-state index is 12.6. The molecule has 1 aliphatic heterocycles. The lowest BCUT2D eigenvalue weighted by atomic mass is 10.0. The Hall–Kier alpha value is -1.88. The molecule has 0 spiro atoms. The summed E-state index contributed by atoms with van der Waals surface area (Å²) >= 11 is 1.20. The van der Waals surface area contributed by atoms with Gasteiger partial charge >= 0.3 is 4.87 Å². The number of aryl methyl sites for hydroxylation is 1. The lowest BCUT2D eigenvalue weighted by molar-refractivity contribution is -0.132. The monoisotopic (exact) mass is 330 g/mol. The van der Waals surface area contributed by atoms with Crippen molar-refractivity contribution in [2.24, 2.45) is 0 Å². The second-order valence-electron chi connectivity index (χ2n) is 6.12. The van der Waals surface area contributed by atoms with Crippen molar-refractivity contribution in [2.75, 3.05) is 6.54 Å². The zero-order valence-electron chi connectivity index (χ0n) is 13.4. The summed E-state index contributed by atoms with van der Waals surface area (Å²) in [5.41, 5.74) is 2.22. The highest BCUT2D eigenvalue weighted by atomic mass is 32.1. The van der Waals surface area contributed by atoms with Crippen molar-refractivity contribution >= 4 is 17.2 Å². The molecule has 0 radical (unpaired) electrons. The number of hydrogen-bond acceptors (Lipinski definition) is 3. The standard InChI is InChI=1S/C18H22N2O2S/c1-14-13-23-18(22)19(14)11-9-17(21)20-10-5-8-16(20)12-15-6-3-2-4-7-15/h2-4,6-7,13,16H,5,8-12H2,1H3/t16-/m0/s1. The van der Waals surface area contributed by atoms with E-state index in [0.29, 0.717) is 19.0 Å². The second kappa shape index (κ2) is 7.13. The molecule has 0 saturated carbocycles. The van der Waals surface area contributed by atoms with E-state index in [0.717, 1.165) is 31.5 Å². The molecule has 0 N–H and O–H groups in total. The molecule has 1 fully saturated rings. The predicted octanol–water partition coefficient (Wildman–Crippen LogP) is 2.84. The largest absolute Gasteiger partial charge is 0.339 e. The van der Waals surface area contributed by atoms with Crippen molar-refractivity contribution in [2.45, 2.75) is 45.2 Å². The van der Waals surface area contributed by atoms with E-state index in [9.17, 15) is 9.59 Å². The Morgan fingerprint density at radius 2 is 2.09 bits per heavy atom. The van der Waals surface area contributed by atoms with Gasteiger partial charge in [-0.25, -0.2) is 0 Å². The number of amides is 1. The summed E-state index contributed by atoms with van der Waals surface area (Å²) in [7, 11) is 0. The van der Waals surface area contributed by atoms with Gasteiger partial charge in [0.1, 0.15) is 0 Å². The minimum Gasteiger partial charge on any atom is -0.339 e. The SMILES string of the molecule is Cc1csc(=O)n1CCC(=O)N1CCC[C@H]1Cc1ccccc1. The van der Waals surface area contributed by atoms with Crippen LogP contribution in [-0.2, 0) is 17.8 Å². The Labute approximate surface area is 140 Å². The quantitative estimate of drug-likeness (QED) is 0.846. The molecule has 1 aromatic carbocycles. The number of rotatable bonds is 5. The Morgan fingerprint density at radius 3 is 2.78 bits per heavy atom. The van der Waals surface area contributed by atoms with E-state index in [4.69, 9.17) is 0 Å². The molecule has 5 heteroatoms. The highest BCUT2D eigenvalue weighted by molar-refractivity contribution is 7.07. The molecular formula is C18H22N2O2S. The molecule has 1 amide bonds. The Balaban J connectivity index is 1.61. The number of benzene rings is 1. The van der Waals surface area contributed by atoms with Gasteiger partial charge in [0.05, 0.1) is 0 Å². The van der Waals surface area contributed by atoms with Crippen LogP contribution in [0, 0.1) is 6.92 Å². The second-order valence-corrected chi connectivity index (χ2v) is 6.94. The van der Waals surface area contributed by atoms with Crippen molar-refractivity contribution in [3.05, 3.63) is 56.6 Å². The zero-order valence-corrected chi connectivity index (χ0v) is 14.2. The molecule has 4 nitrogen and oxygen atoms in total. The van der Waals surface area contributed by atoms with Crippen molar-refractivity contribution in [3.8, 4) is 0 Å². The average molecular weight is 330 g/mol. The molecule has 0 bridgehead atoms. The smallest absolute Gasteiger partial charge is 0.307 e. The number of nitrogens with zero attached hydrogens (tertiary/aromatic N) is 2. The zero-order chi connectivity index (χ0) is 16.2. The molecule has 2 aromatic rings. The average Bonchev–Trinajstić information content (AvgIpc) is 3.14. The maximum Gasteiger partial charge on any atom is 0.307 e. The van der Waals surface area contributed by atoms with E-state index < -0.39 is 0 Å². The first-order valence-corrected chi connectivity index (χ1v) is 9.01. The van der Waals surface area contributed by atoms with E-state index in [2.05, 4.69) is 12.1 Å². The Bertz CT molecular complexity index is 720. The van der Waals surface area contributed by atoms with E-state index in [-0.39, 0.29) is 10.8 Å². The summed E-state index contributed by atoms with van der Waals surface area (Å²) in [5.74, 6) is 0.168. The van der Waals surface area contributed by atoms with Gasteiger partial charge in [-0.05, 0) is 31.7 Å². The molecule has 1 atom stereocenters. The summed E-state index contributed by atoms with van der Waals surface area (Å²) in [5, 5.41) is 1.85. The van der Waals surface area contributed by atoms with Crippen LogP contribution < -0.4 is 4.87 Å². The molecule has 2 heterocycles. The fourth-order valence-corrected chi connectivity index (χ4v) is 4.05. The first-order chi connectivity index (χ1) is 11.1. The van der Waals surface area contributed by atoms with Gasteiger partial charge in [0.25, 0.3) is 0 Å². The lowest BCUT2D eigenvalue weighted by Crippen LogP contribution is -2.37. The first-order valence-electron chi connectivity index (χ1n) is 8.13. The minimum absolute atomic E-state index is 0.0255. The highest BCUT2D eigenvalue weighted by Gasteiger charge is 2.28. The van der Waals surface area contributed by atoms with E-state index in [1.165, 1.54) is 16.9 Å². The molecule has 0 aliphatic carbocycles. The lowest BCUT2D eigenvalue weighted by Gasteiger charge is -2.25. The van der Waals surface area contributed by atoms with Gasteiger partial charge in [0.2, 0.25) is 5.91 Å². The molecule has 1 saturated heterocycles. The maximum absolute atomic E-state index is 12.6. The molecule has 3 rings (SSSR count). The topological polar surface area (TPSA) is 42.3 Å². The fourth-order valence-electron chi connectivity index (χ4n) is 3.29. The summed E-state index contributed by atoms with van der Waals surface area (Å²) in [6.07, 6.45) is 3.46. The number of carbonyl (C=O) groups excluding carboxylic acids is 1. The number of aromatic nitrogens is 1. The van der Waals surface area contributed by atoms with Crippen molar-refractivity contribution in [3.63, 3.8) is 0 Å². The van der Waals surface area contributed by atoms with Gasteiger partial charge in [-0.1, -0.05) is 41.7 Å². The molecule has 1 aromatic heterocycles. The number of carbonyl (C=O) groups is 1. The van der Waals surface area contributed by atoms with E-state index >= 15 is 0 Å². The Morgan fingerprint density at radius 1 is 1.30 bits per heavy atom. The number of hydrogen-bond donors (Lipinski definition) is 0. The molecular weight excluding hydrogens is 308 g/mol. The fraction of sp³-hybridized carbons (Fsp3) is 0.444. The van der Waals surface area contributed by atoms with Gasteiger partial charge in [-0.3, -0.25) is 9.59 Å². The van der Waals surface area contributed by atoms with Crippen LogP contribution in [0.4, 0.5) is 0 Å². The molecule has 0 unspecified atom stereocenters. The normalized spacial score (nSPS) is 17.6. The highest BCUT2D eigenvalue weighted by Crippen LogP contribution is 2.22. The van der Waals surface area contributed by atoms with Crippen LogP contribution in [0.5, 0.6) is 0 Å². The van der Waals surface area contributed by atoms with Gasteiger partial charge in [0.15, 0.2) is 0 Å². The molecule has 122 valence electrons. The molecule has 23 heavy (non-hydrogen) atoms. The summed E-state index contributed by atoms with van der Waals surface area (Å²) in [6.45, 7) is 3.24. The first kappa shape index (κ1) is 16.0. The van der Waals surface area contributed by atoms with E-state index in [1.54, 1.807) is 4.57 Å². The molecule has 1 aliphatic rings. The van der Waals surface area contributed by atoms with Crippen molar-refractivity contribution in [1.82, 2.24) is 9.47 Å².